The SMILES string of the molecule is CS(=O)(=O)CC(O)(/C=C\c1ccc(C#N)c(C(F)(F)F)c1)C(F)(F)F. The zero-order valence-electron chi connectivity index (χ0n) is 12.5. The first kappa shape index (κ1) is 21.0. The number of alkyl halides is 6. The Morgan fingerprint density at radius 1 is 1.20 bits per heavy atom. The summed E-state index contributed by atoms with van der Waals surface area (Å²) in [7, 11) is -4.26. The fourth-order valence-electron chi connectivity index (χ4n) is 1.86. The molecule has 25 heavy (non-hydrogen) atoms. The van der Waals surface area contributed by atoms with Gasteiger partial charge in [-0.15, -0.1) is 0 Å². The molecule has 0 heterocycles. The molecule has 0 radical (unpaired) electrons. The molecule has 11 heteroatoms. The number of nitrogens with zero attached hydrogens (tertiary/aromatic N) is 1. The molecule has 4 nitrogen and oxygen atoms in total. The van der Waals surface area contributed by atoms with Crippen LogP contribution in [0.1, 0.15) is 16.7 Å². The predicted molar refractivity (Wildman–Crippen MR) is 75.9 cm³/mol. The zero-order chi connectivity index (χ0) is 19.7. The fourth-order valence-corrected chi connectivity index (χ4v) is 2.92. The maximum atomic E-state index is 12.9. The third-order valence-electron chi connectivity index (χ3n) is 2.99. The Hall–Kier alpha value is -2.06. The second-order valence-corrected chi connectivity index (χ2v) is 7.38. The van der Waals surface area contributed by atoms with Gasteiger partial charge in [-0.2, -0.15) is 31.6 Å². The van der Waals surface area contributed by atoms with Crippen LogP contribution >= 0.6 is 0 Å². The van der Waals surface area contributed by atoms with Crippen molar-refractivity contribution in [2.24, 2.45) is 0 Å². The average Bonchev–Trinajstić information content (AvgIpc) is 2.41. The lowest BCUT2D eigenvalue weighted by atomic mass is 10.0. The molecule has 0 amide bonds. The van der Waals surface area contributed by atoms with Gasteiger partial charge < -0.3 is 5.11 Å². The van der Waals surface area contributed by atoms with Crippen LogP contribution in [0.4, 0.5) is 26.3 Å². The van der Waals surface area contributed by atoms with Crippen molar-refractivity contribution in [3.8, 4) is 6.07 Å². The molecule has 1 aromatic rings. The molecule has 0 bridgehead atoms. The standard InChI is InChI=1S/C14H11F6NO3S/c1-25(23,24)8-12(22,14(18,19)20)5-4-9-2-3-10(7-21)11(6-9)13(15,16)17/h2-6,22H,8H2,1H3/b5-4-. The highest BCUT2D eigenvalue weighted by molar-refractivity contribution is 7.90. The van der Waals surface area contributed by atoms with Crippen molar-refractivity contribution in [3.63, 3.8) is 0 Å². The van der Waals surface area contributed by atoms with E-state index in [2.05, 4.69) is 0 Å². The van der Waals surface area contributed by atoms with Crippen LogP contribution in [0.5, 0.6) is 0 Å². The van der Waals surface area contributed by atoms with E-state index in [1.165, 1.54) is 6.07 Å². The summed E-state index contributed by atoms with van der Waals surface area (Å²) in [6.07, 6.45) is -9.24. The van der Waals surface area contributed by atoms with Gasteiger partial charge in [-0.25, -0.2) is 8.42 Å². The quantitative estimate of drug-likeness (QED) is 0.806. The molecule has 0 spiro atoms. The molecule has 1 N–H and O–H groups in total. The second-order valence-electron chi connectivity index (χ2n) is 5.24. The molecular weight excluding hydrogens is 376 g/mol. The lowest BCUT2D eigenvalue weighted by Gasteiger charge is -2.26. The van der Waals surface area contributed by atoms with Gasteiger partial charge in [0.05, 0.1) is 22.9 Å². The zero-order valence-corrected chi connectivity index (χ0v) is 13.3. The van der Waals surface area contributed by atoms with Crippen molar-refractivity contribution in [1.29, 1.82) is 5.26 Å². The van der Waals surface area contributed by atoms with E-state index in [0.717, 1.165) is 12.1 Å². The molecule has 0 saturated heterocycles. The van der Waals surface area contributed by atoms with Crippen LogP contribution < -0.4 is 0 Å². The van der Waals surface area contributed by atoms with Gasteiger partial charge in [-0.1, -0.05) is 12.1 Å². The number of aliphatic hydroxyl groups is 1. The van der Waals surface area contributed by atoms with E-state index < -0.39 is 50.2 Å². The summed E-state index contributed by atoms with van der Waals surface area (Å²) in [6, 6.07) is 3.41. The molecule has 1 unspecified atom stereocenters. The topological polar surface area (TPSA) is 78.2 Å². The predicted octanol–water partition coefficient (Wildman–Crippen LogP) is 2.93. The molecule has 0 aliphatic carbocycles. The summed E-state index contributed by atoms with van der Waals surface area (Å²) in [6.45, 7) is 0. The van der Waals surface area contributed by atoms with Crippen molar-refractivity contribution >= 4 is 15.9 Å². The van der Waals surface area contributed by atoms with Crippen LogP contribution in [0, 0.1) is 11.3 Å². The highest BCUT2D eigenvalue weighted by Gasteiger charge is 2.53. The number of benzene rings is 1. The Labute approximate surface area is 138 Å². The van der Waals surface area contributed by atoms with Crippen LogP contribution in [-0.4, -0.2) is 37.3 Å². The van der Waals surface area contributed by atoms with Crippen molar-refractivity contribution in [3.05, 3.63) is 41.0 Å². The minimum absolute atomic E-state index is 0.0651. The lowest BCUT2D eigenvalue weighted by Crippen LogP contribution is -2.48. The summed E-state index contributed by atoms with van der Waals surface area (Å²) in [5, 5.41) is 18.3. The molecule has 1 atom stereocenters. The van der Waals surface area contributed by atoms with E-state index in [4.69, 9.17) is 5.26 Å². The maximum Gasteiger partial charge on any atom is 0.421 e. The van der Waals surface area contributed by atoms with E-state index in [1.54, 1.807) is 0 Å². The summed E-state index contributed by atoms with van der Waals surface area (Å²) >= 11 is 0. The third-order valence-corrected chi connectivity index (χ3v) is 3.96. The smallest absolute Gasteiger partial charge is 0.376 e. The molecule has 0 aromatic heterocycles. The first-order valence-electron chi connectivity index (χ1n) is 6.36. The Kier molecular flexibility index (Phi) is 5.61. The van der Waals surface area contributed by atoms with Gasteiger partial charge in [0.1, 0.15) is 0 Å². The first-order valence-corrected chi connectivity index (χ1v) is 8.42. The van der Waals surface area contributed by atoms with E-state index in [-0.39, 0.29) is 6.08 Å². The van der Waals surface area contributed by atoms with Gasteiger partial charge in [0.25, 0.3) is 0 Å². The van der Waals surface area contributed by atoms with Crippen LogP contribution in [-0.2, 0) is 16.0 Å². The van der Waals surface area contributed by atoms with Crippen molar-refractivity contribution in [1.82, 2.24) is 0 Å². The van der Waals surface area contributed by atoms with Gasteiger partial charge in [-0.05, 0) is 23.8 Å². The number of sulfone groups is 1. The van der Waals surface area contributed by atoms with E-state index in [0.29, 0.717) is 18.4 Å². The number of hydrogen-bond acceptors (Lipinski definition) is 4. The Bertz CT molecular complexity index is 820. The van der Waals surface area contributed by atoms with Crippen molar-refractivity contribution in [2.75, 3.05) is 12.0 Å². The molecule has 0 saturated carbocycles. The Balaban J connectivity index is 3.37. The molecule has 138 valence electrons. The summed E-state index contributed by atoms with van der Waals surface area (Å²) < 4.78 is 99.5. The van der Waals surface area contributed by atoms with E-state index in [9.17, 15) is 39.9 Å². The van der Waals surface area contributed by atoms with Crippen LogP contribution in [0.15, 0.2) is 24.3 Å². The van der Waals surface area contributed by atoms with Crippen molar-refractivity contribution in [2.45, 2.75) is 18.0 Å². The second kappa shape index (κ2) is 6.68. The summed E-state index contributed by atoms with van der Waals surface area (Å²) in [4.78, 5) is 0. The third kappa shape index (κ3) is 5.47. The maximum absolute atomic E-state index is 12.9. The van der Waals surface area contributed by atoms with Gasteiger partial charge in [0.15, 0.2) is 15.4 Å². The Morgan fingerprint density at radius 2 is 1.76 bits per heavy atom. The number of nitriles is 1. The molecule has 0 aliphatic rings. The average molecular weight is 387 g/mol. The normalized spacial score (nSPS) is 15.8. The van der Waals surface area contributed by atoms with Crippen LogP contribution in [0.25, 0.3) is 6.08 Å². The fraction of sp³-hybridized carbons (Fsp3) is 0.357. The minimum atomic E-state index is -5.37. The molecule has 0 aliphatic heterocycles. The highest BCUT2D eigenvalue weighted by Crippen LogP contribution is 2.35. The molecule has 1 aromatic carbocycles. The number of halogens is 6. The van der Waals surface area contributed by atoms with Crippen LogP contribution in [0.3, 0.4) is 0 Å². The van der Waals surface area contributed by atoms with Gasteiger partial charge in [0.2, 0.25) is 0 Å². The van der Waals surface area contributed by atoms with Gasteiger partial charge >= 0.3 is 12.4 Å². The van der Waals surface area contributed by atoms with Crippen molar-refractivity contribution < 1.29 is 39.9 Å². The first-order chi connectivity index (χ1) is 11.1. The molecular formula is C14H11F6NO3S. The monoisotopic (exact) mass is 387 g/mol. The lowest BCUT2D eigenvalue weighted by molar-refractivity contribution is -0.230. The summed E-state index contributed by atoms with van der Waals surface area (Å²) in [5.74, 6) is -1.69. The number of hydrogen-bond donors (Lipinski definition) is 1. The highest BCUT2D eigenvalue weighted by atomic mass is 32.2. The van der Waals surface area contributed by atoms with E-state index >= 15 is 0 Å². The minimum Gasteiger partial charge on any atom is -0.376 e. The number of rotatable bonds is 4. The van der Waals surface area contributed by atoms with Gasteiger partial charge in [0, 0.05) is 6.26 Å². The Morgan fingerprint density at radius 3 is 2.16 bits per heavy atom. The summed E-state index contributed by atoms with van der Waals surface area (Å²) in [5.41, 5.74) is -6.27. The molecule has 1 rings (SSSR count). The van der Waals surface area contributed by atoms with E-state index in [1.807, 2.05) is 0 Å². The molecule has 0 fully saturated rings. The van der Waals surface area contributed by atoms with Crippen LogP contribution in [0.2, 0.25) is 0 Å². The van der Waals surface area contributed by atoms with Gasteiger partial charge in [-0.3, -0.25) is 0 Å². The largest absolute Gasteiger partial charge is 0.421 e.